The molecule has 0 rings (SSSR count). The fourth-order valence-electron chi connectivity index (χ4n) is 1.35. The van der Waals surface area contributed by atoms with Crippen LogP contribution in [0.3, 0.4) is 0 Å². The molecule has 106 valence electrons. The van der Waals surface area contributed by atoms with Crippen molar-refractivity contribution >= 4 is 11.9 Å². The van der Waals surface area contributed by atoms with Crippen LogP contribution in [0, 0.1) is 0 Å². The van der Waals surface area contributed by atoms with Gasteiger partial charge in [-0.25, -0.2) is 0 Å². The summed E-state index contributed by atoms with van der Waals surface area (Å²) >= 11 is 0. The number of hydrogen-bond donors (Lipinski definition) is 0. The van der Waals surface area contributed by atoms with E-state index in [1.54, 1.807) is 13.3 Å². The Hall–Kier alpha value is -2.22. The minimum atomic E-state index is 0.701. The molecule has 0 atom stereocenters. The molecule has 2 heteroatoms. The lowest BCUT2D eigenvalue weighted by atomic mass is 10.1. The van der Waals surface area contributed by atoms with Gasteiger partial charge in [0.15, 0.2) is 0 Å². The van der Waals surface area contributed by atoms with E-state index in [1.807, 2.05) is 50.3 Å². The minimum absolute atomic E-state index is 0.701. The van der Waals surface area contributed by atoms with E-state index in [-0.39, 0.29) is 0 Å². The summed E-state index contributed by atoms with van der Waals surface area (Å²) in [5, 5.41) is 0. The molecule has 0 saturated carbocycles. The zero-order valence-corrected chi connectivity index (χ0v) is 12.8. The summed E-state index contributed by atoms with van der Waals surface area (Å²) in [7, 11) is 1.73. The maximum absolute atomic E-state index is 4.20. The van der Waals surface area contributed by atoms with Gasteiger partial charge in [0.05, 0.1) is 17.6 Å². The van der Waals surface area contributed by atoms with Gasteiger partial charge in [-0.05, 0) is 32.4 Å². The third-order valence-electron chi connectivity index (χ3n) is 2.22. The van der Waals surface area contributed by atoms with Gasteiger partial charge in [0, 0.05) is 7.05 Å². The molecule has 0 saturated heterocycles. The summed E-state index contributed by atoms with van der Waals surface area (Å²) < 4.78 is 0. The van der Waals surface area contributed by atoms with Gasteiger partial charge in [-0.15, -0.1) is 0 Å². The Kier molecular flexibility index (Phi) is 9.49. The van der Waals surface area contributed by atoms with Crippen molar-refractivity contribution in [3.05, 3.63) is 73.0 Å². The number of nitrogens with zero attached hydrogens (tertiary/aromatic N) is 2. The monoisotopic (exact) mass is 268 g/mol. The van der Waals surface area contributed by atoms with Gasteiger partial charge in [-0.1, -0.05) is 55.2 Å². The third-order valence-corrected chi connectivity index (χ3v) is 2.22. The molecule has 0 radical (unpaired) electrons. The van der Waals surface area contributed by atoms with Crippen molar-refractivity contribution in [2.24, 2.45) is 9.98 Å². The summed E-state index contributed by atoms with van der Waals surface area (Å²) in [6.07, 6.45) is 14.0. The Labute approximate surface area is 123 Å². The molecule has 0 aromatic rings. The average Bonchev–Trinajstić information content (AvgIpc) is 2.37. The highest BCUT2D eigenvalue weighted by Gasteiger charge is 1.89. The molecule has 0 fully saturated rings. The van der Waals surface area contributed by atoms with Crippen molar-refractivity contribution < 1.29 is 0 Å². The van der Waals surface area contributed by atoms with Gasteiger partial charge >= 0.3 is 0 Å². The lowest BCUT2D eigenvalue weighted by Gasteiger charge is -1.96. The van der Waals surface area contributed by atoms with Crippen molar-refractivity contribution in [1.82, 2.24) is 0 Å². The molecule has 0 aromatic carbocycles. The summed E-state index contributed by atoms with van der Waals surface area (Å²) in [5.74, 6) is 0. The first-order valence-corrected chi connectivity index (χ1v) is 6.49. The second-order valence-corrected chi connectivity index (χ2v) is 4.41. The topological polar surface area (TPSA) is 24.7 Å². The van der Waals surface area contributed by atoms with Crippen LogP contribution in [-0.4, -0.2) is 19.0 Å². The molecular weight excluding hydrogens is 244 g/mol. The van der Waals surface area contributed by atoms with E-state index in [2.05, 4.69) is 29.7 Å². The van der Waals surface area contributed by atoms with Crippen LogP contribution < -0.4 is 0 Å². The molecule has 0 heterocycles. The predicted molar refractivity (Wildman–Crippen MR) is 92.7 cm³/mol. The number of hydrogen-bond acceptors (Lipinski definition) is 2. The lowest BCUT2D eigenvalue weighted by Crippen LogP contribution is -1.94. The van der Waals surface area contributed by atoms with Crippen LogP contribution in [0.1, 0.15) is 20.3 Å². The normalized spacial score (nSPS) is 13.1. The molecule has 0 aliphatic rings. The largest absolute Gasteiger partial charge is 0.287 e. The summed E-state index contributed by atoms with van der Waals surface area (Å²) in [4.78, 5) is 8.33. The quantitative estimate of drug-likeness (QED) is 0.341. The zero-order valence-electron chi connectivity index (χ0n) is 12.8. The fourth-order valence-corrected chi connectivity index (χ4v) is 1.35. The third kappa shape index (κ3) is 9.77. The van der Waals surface area contributed by atoms with Crippen molar-refractivity contribution in [1.29, 1.82) is 0 Å². The van der Waals surface area contributed by atoms with Gasteiger partial charge in [-0.3, -0.25) is 9.98 Å². The van der Waals surface area contributed by atoms with Gasteiger partial charge in [0.2, 0.25) is 0 Å². The van der Waals surface area contributed by atoms with Crippen molar-refractivity contribution in [3.8, 4) is 0 Å². The van der Waals surface area contributed by atoms with Gasteiger partial charge in [0.25, 0.3) is 0 Å². The molecule has 2 nitrogen and oxygen atoms in total. The van der Waals surface area contributed by atoms with Gasteiger partial charge < -0.3 is 0 Å². The lowest BCUT2D eigenvalue weighted by molar-refractivity contribution is 1.17. The number of rotatable bonds is 8. The van der Waals surface area contributed by atoms with Crippen molar-refractivity contribution in [2.75, 3.05) is 7.05 Å². The first-order chi connectivity index (χ1) is 9.49. The van der Waals surface area contributed by atoms with Crippen LogP contribution in [0.15, 0.2) is 83.0 Å². The van der Waals surface area contributed by atoms with E-state index in [0.717, 1.165) is 23.3 Å². The van der Waals surface area contributed by atoms with Crippen LogP contribution in [0.5, 0.6) is 0 Å². The van der Waals surface area contributed by atoms with E-state index in [1.165, 1.54) is 0 Å². The van der Waals surface area contributed by atoms with Crippen molar-refractivity contribution in [3.63, 3.8) is 0 Å². The van der Waals surface area contributed by atoms with Crippen LogP contribution in [0.4, 0.5) is 0 Å². The van der Waals surface area contributed by atoms with E-state index < -0.39 is 0 Å². The smallest absolute Gasteiger partial charge is 0.0753 e. The highest BCUT2D eigenvalue weighted by Crippen LogP contribution is 2.07. The summed E-state index contributed by atoms with van der Waals surface area (Å²) in [6, 6.07) is 0. The van der Waals surface area contributed by atoms with Gasteiger partial charge in [0.1, 0.15) is 0 Å². The van der Waals surface area contributed by atoms with E-state index in [9.17, 15) is 0 Å². The molecule has 0 unspecified atom stereocenters. The highest BCUT2D eigenvalue weighted by atomic mass is 14.8. The number of allylic oxidation sites excluding steroid dienone is 8. The van der Waals surface area contributed by atoms with Crippen LogP contribution in [-0.2, 0) is 0 Å². The molecule has 0 bridgehead atoms. The Morgan fingerprint density at radius 3 is 2.25 bits per heavy atom. The molecule has 0 N–H and O–H groups in total. The first-order valence-electron chi connectivity index (χ1n) is 6.49. The second-order valence-electron chi connectivity index (χ2n) is 4.41. The van der Waals surface area contributed by atoms with Crippen LogP contribution in [0.2, 0.25) is 0 Å². The SMILES string of the molecule is C=C(C)CC(=C)\C=C/C=C\C(\C=N\C(=C)/C=C/C)=N/C. The molecule has 20 heavy (non-hydrogen) atoms. The zero-order chi connectivity index (χ0) is 15.4. The maximum Gasteiger partial charge on any atom is 0.0753 e. The molecule has 0 amide bonds. The Morgan fingerprint density at radius 2 is 1.70 bits per heavy atom. The molecular formula is C18H24N2. The molecule has 0 aliphatic carbocycles. The average molecular weight is 268 g/mol. The van der Waals surface area contributed by atoms with E-state index in [0.29, 0.717) is 5.70 Å². The predicted octanol–water partition coefficient (Wildman–Crippen LogP) is 4.85. The van der Waals surface area contributed by atoms with E-state index >= 15 is 0 Å². The summed E-state index contributed by atoms with van der Waals surface area (Å²) in [6.45, 7) is 15.5. The van der Waals surface area contributed by atoms with Crippen LogP contribution in [0.25, 0.3) is 0 Å². The highest BCUT2D eigenvalue weighted by molar-refractivity contribution is 6.36. The molecule has 0 aliphatic heterocycles. The Morgan fingerprint density at radius 1 is 1.05 bits per heavy atom. The minimum Gasteiger partial charge on any atom is -0.287 e. The maximum atomic E-state index is 4.20. The van der Waals surface area contributed by atoms with E-state index in [4.69, 9.17) is 0 Å². The fraction of sp³-hybridized carbons (Fsp3) is 0.222. The molecule has 0 spiro atoms. The van der Waals surface area contributed by atoms with Crippen LogP contribution >= 0.6 is 0 Å². The Bertz CT molecular complexity index is 498. The summed E-state index contributed by atoms with van der Waals surface area (Å²) in [5.41, 5.74) is 3.62. The van der Waals surface area contributed by atoms with Gasteiger partial charge in [-0.2, -0.15) is 0 Å². The molecule has 0 aromatic heterocycles. The first kappa shape index (κ1) is 17.8. The Balaban J connectivity index is 4.48. The second kappa shape index (κ2) is 10.7. The van der Waals surface area contributed by atoms with Crippen molar-refractivity contribution in [2.45, 2.75) is 20.3 Å². The standard InChI is InChI=1S/C18H24N2/c1-7-10-17(5)20-14-18(19-6)12-9-8-11-16(4)13-15(2)3/h7-12,14H,2,4-5,13H2,1,3,6H3/b10-7+,11-8-,12-9-,19-18+,20-14+. The number of aliphatic imine (C=N–C) groups is 2.